The van der Waals surface area contributed by atoms with Gasteiger partial charge in [-0.3, -0.25) is 4.98 Å². The van der Waals surface area contributed by atoms with Crippen LogP contribution in [0.3, 0.4) is 0 Å². The first kappa shape index (κ1) is 12.9. The number of hydrogen-bond donors (Lipinski definition) is 2. The minimum Gasteiger partial charge on any atom is -0.377 e. The first-order valence-electron chi connectivity index (χ1n) is 6.36. The minimum atomic E-state index is -0.510. The number of rotatable bonds is 2. The smallest absolute Gasteiger partial charge is 0.342 e. The maximum absolute atomic E-state index is 13.1. The number of ether oxygens (including phenoxy) is 1. The molecule has 2 aromatic rings. The highest BCUT2D eigenvalue weighted by atomic mass is 19.1. The van der Waals surface area contributed by atoms with Crippen LogP contribution in [0.5, 0.6) is 0 Å². The van der Waals surface area contributed by atoms with Gasteiger partial charge in [0.05, 0.1) is 18.8 Å². The molecule has 1 aliphatic rings. The van der Waals surface area contributed by atoms with Gasteiger partial charge in [0, 0.05) is 6.54 Å². The van der Waals surface area contributed by atoms with Crippen LogP contribution in [0.2, 0.25) is 0 Å². The fourth-order valence-corrected chi connectivity index (χ4v) is 2.53. The van der Waals surface area contributed by atoms with E-state index in [2.05, 4.69) is 15.2 Å². The SMILES string of the molecule is C[C@]1(c2ccc(F)cc2)COCCN1c1n[nH]c(=O)[nH]1. The summed E-state index contributed by atoms with van der Waals surface area (Å²) < 4.78 is 18.7. The molecule has 7 heteroatoms. The monoisotopic (exact) mass is 278 g/mol. The molecule has 1 aromatic carbocycles. The molecule has 106 valence electrons. The predicted molar refractivity (Wildman–Crippen MR) is 71.1 cm³/mol. The van der Waals surface area contributed by atoms with Crippen molar-refractivity contribution in [2.24, 2.45) is 0 Å². The Morgan fingerprint density at radius 2 is 2.15 bits per heavy atom. The van der Waals surface area contributed by atoms with Crippen LogP contribution in [-0.2, 0) is 10.3 Å². The lowest BCUT2D eigenvalue weighted by atomic mass is 9.90. The van der Waals surface area contributed by atoms with E-state index in [4.69, 9.17) is 4.74 Å². The fourth-order valence-electron chi connectivity index (χ4n) is 2.53. The second-order valence-corrected chi connectivity index (χ2v) is 4.99. The van der Waals surface area contributed by atoms with Crippen LogP contribution in [0.4, 0.5) is 10.3 Å². The van der Waals surface area contributed by atoms with Gasteiger partial charge >= 0.3 is 5.69 Å². The van der Waals surface area contributed by atoms with Gasteiger partial charge in [-0.25, -0.2) is 14.3 Å². The van der Waals surface area contributed by atoms with Crippen molar-refractivity contribution in [3.8, 4) is 0 Å². The van der Waals surface area contributed by atoms with Crippen molar-refractivity contribution in [1.29, 1.82) is 0 Å². The highest BCUT2D eigenvalue weighted by Gasteiger charge is 2.38. The molecule has 6 nitrogen and oxygen atoms in total. The van der Waals surface area contributed by atoms with Gasteiger partial charge in [0.15, 0.2) is 0 Å². The van der Waals surface area contributed by atoms with Gasteiger partial charge in [0.1, 0.15) is 5.82 Å². The Balaban J connectivity index is 2.03. The van der Waals surface area contributed by atoms with Gasteiger partial charge < -0.3 is 9.64 Å². The second kappa shape index (κ2) is 4.75. The lowest BCUT2D eigenvalue weighted by molar-refractivity contribution is 0.0548. The molecule has 20 heavy (non-hydrogen) atoms. The average molecular weight is 278 g/mol. The normalized spacial score (nSPS) is 23.0. The van der Waals surface area contributed by atoms with E-state index in [1.165, 1.54) is 12.1 Å². The standard InChI is InChI=1S/C13H15FN4O2/c1-13(9-2-4-10(14)5-3-9)8-20-7-6-18(13)11-15-12(19)17-16-11/h2-5H,6-8H2,1H3,(H2,15,16,17,19)/t13-/m1/s1. The Kier molecular flexibility index (Phi) is 3.06. The van der Waals surface area contributed by atoms with Crippen molar-refractivity contribution in [2.75, 3.05) is 24.7 Å². The Bertz CT molecular complexity index is 651. The molecule has 0 unspecified atom stereocenters. The third-order valence-electron chi connectivity index (χ3n) is 3.65. The number of halogens is 1. The first-order chi connectivity index (χ1) is 9.59. The van der Waals surface area contributed by atoms with Crippen molar-refractivity contribution in [3.05, 3.63) is 46.1 Å². The van der Waals surface area contributed by atoms with Crippen molar-refractivity contribution >= 4 is 5.95 Å². The third kappa shape index (κ3) is 2.09. The lowest BCUT2D eigenvalue weighted by Gasteiger charge is -2.44. The van der Waals surface area contributed by atoms with Crippen molar-refractivity contribution in [1.82, 2.24) is 15.2 Å². The van der Waals surface area contributed by atoms with Crippen LogP contribution in [-0.4, -0.2) is 34.9 Å². The number of H-pyrrole nitrogens is 2. The third-order valence-corrected chi connectivity index (χ3v) is 3.65. The molecule has 0 bridgehead atoms. The summed E-state index contributed by atoms with van der Waals surface area (Å²) in [5.74, 6) is 0.180. The maximum Gasteiger partial charge on any atom is 0.342 e. The van der Waals surface area contributed by atoms with Gasteiger partial charge in [0.25, 0.3) is 0 Å². The van der Waals surface area contributed by atoms with E-state index in [1.54, 1.807) is 12.1 Å². The van der Waals surface area contributed by atoms with Crippen LogP contribution >= 0.6 is 0 Å². The quantitative estimate of drug-likeness (QED) is 0.859. The van der Waals surface area contributed by atoms with Crippen LogP contribution in [0.1, 0.15) is 12.5 Å². The molecule has 0 spiro atoms. The van der Waals surface area contributed by atoms with E-state index in [1.807, 2.05) is 11.8 Å². The predicted octanol–water partition coefficient (Wildman–Crippen LogP) is 0.989. The number of aromatic amines is 2. The molecule has 1 aromatic heterocycles. The summed E-state index contributed by atoms with van der Waals surface area (Å²) in [6, 6.07) is 6.28. The number of anilines is 1. The van der Waals surface area contributed by atoms with Gasteiger partial charge in [-0.2, -0.15) is 0 Å². The largest absolute Gasteiger partial charge is 0.377 e. The Morgan fingerprint density at radius 3 is 2.80 bits per heavy atom. The van der Waals surface area contributed by atoms with Gasteiger partial charge in [-0.1, -0.05) is 12.1 Å². The van der Waals surface area contributed by atoms with Crippen molar-refractivity contribution in [2.45, 2.75) is 12.5 Å². The van der Waals surface area contributed by atoms with E-state index >= 15 is 0 Å². The van der Waals surface area contributed by atoms with Crippen molar-refractivity contribution < 1.29 is 9.13 Å². The van der Waals surface area contributed by atoms with E-state index in [0.717, 1.165) is 5.56 Å². The number of hydrogen-bond acceptors (Lipinski definition) is 4. The molecular weight excluding hydrogens is 263 g/mol. The van der Waals surface area contributed by atoms with E-state index < -0.39 is 5.54 Å². The number of morpholine rings is 1. The molecule has 0 aliphatic carbocycles. The van der Waals surface area contributed by atoms with Crippen LogP contribution in [0.15, 0.2) is 29.1 Å². The second-order valence-electron chi connectivity index (χ2n) is 4.99. The zero-order valence-corrected chi connectivity index (χ0v) is 11.0. The molecule has 2 N–H and O–H groups in total. The highest BCUT2D eigenvalue weighted by Crippen LogP contribution is 2.33. The van der Waals surface area contributed by atoms with Crippen LogP contribution < -0.4 is 10.6 Å². The minimum absolute atomic E-state index is 0.284. The van der Waals surface area contributed by atoms with Gasteiger partial charge in [0.2, 0.25) is 5.95 Å². The molecule has 1 aliphatic heterocycles. The highest BCUT2D eigenvalue weighted by molar-refractivity contribution is 5.41. The van der Waals surface area contributed by atoms with Gasteiger partial charge in [-0.15, -0.1) is 5.10 Å². The molecule has 2 heterocycles. The van der Waals surface area contributed by atoms with Crippen molar-refractivity contribution in [3.63, 3.8) is 0 Å². The summed E-state index contributed by atoms with van der Waals surface area (Å²) >= 11 is 0. The summed E-state index contributed by atoms with van der Waals surface area (Å²) in [6.07, 6.45) is 0. The molecule has 0 saturated carbocycles. The topological polar surface area (TPSA) is 74.0 Å². The fraction of sp³-hybridized carbons (Fsp3) is 0.385. The maximum atomic E-state index is 13.1. The number of nitrogens with zero attached hydrogens (tertiary/aromatic N) is 2. The molecule has 1 saturated heterocycles. The summed E-state index contributed by atoms with van der Waals surface area (Å²) in [7, 11) is 0. The molecular formula is C13H15FN4O2. The Labute approximate surface area is 114 Å². The Hall–Kier alpha value is -2.15. The molecule has 1 fully saturated rings. The number of benzene rings is 1. The number of aromatic nitrogens is 3. The molecule has 0 radical (unpaired) electrons. The lowest BCUT2D eigenvalue weighted by Crippen LogP contribution is -2.53. The summed E-state index contributed by atoms with van der Waals surface area (Å²) in [6.45, 7) is 3.56. The summed E-state index contributed by atoms with van der Waals surface area (Å²) in [4.78, 5) is 15.9. The zero-order chi connectivity index (χ0) is 14.2. The van der Waals surface area contributed by atoms with Gasteiger partial charge in [-0.05, 0) is 24.6 Å². The average Bonchev–Trinajstić information content (AvgIpc) is 2.86. The number of nitrogens with one attached hydrogen (secondary N) is 2. The molecule has 3 rings (SSSR count). The first-order valence-corrected chi connectivity index (χ1v) is 6.36. The van der Waals surface area contributed by atoms with Crippen LogP contribution in [0, 0.1) is 5.82 Å². The van der Waals surface area contributed by atoms with Crippen LogP contribution in [0.25, 0.3) is 0 Å². The van der Waals surface area contributed by atoms with E-state index in [9.17, 15) is 9.18 Å². The molecule has 0 amide bonds. The summed E-state index contributed by atoms with van der Waals surface area (Å²) in [5.41, 5.74) is 0.0415. The zero-order valence-electron chi connectivity index (χ0n) is 11.0. The molecule has 1 atom stereocenters. The van der Waals surface area contributed by atoms with E-state index in [0.29, 0.717) is 25.7 Å². The van der Waals surface area contributed by atoms with E-state index in [-0.39, 0.29) is 11.5 Å². The Morgan fingerprint density at radius 1 is 1.40 bits per heavy atom. The summed E-state index contributed by atoms with van der Waals surface area (Å²) in [5, 5.41) is 6.34.